The summed E-state index contributed by atoms with van der Waals surface area (Å²) in [5.41, 5.74) is 3.09. The van der Waals surface area contributed by atoms with Crippen molar-refractivity contribution in [1.82, 2.24) is 10.4 Å². The lowest BCUT2D eigenvalue weighted by Gasteiger charge is -2.17. The molecule has 2 rings (SSSR count). The van der Waals surface area contributed by atoms with E-state index < -0.39 is 17.7 Å². The standard InChI is InChI=1S/C13H11Br2F2N3/c14-8-3-4-10(16)7(12(8)17)6-11(20-18)13-9(15)2-1-5-19-13/h1-5,11,20H,6,18H2. The third kappa shape index (κ3) is 3.22. The van der Waals surface area contributed by atoms with Gasteiger partial charge in [-0.05, 0) is 56.1 Å². The van der Waals surface area contributed by atoms with Gasteiger partial charge in [0.2, 0.25) is 0 Å². The molecule has 1 unspecified atom stereocenters. The maximum Gasteiger partial charge on any atom is 0.143 e. The molecule has 0 radical (unpaired) electrons. The Bertz CT molecular complexity index is 623. The number of hydrogen-bond donors (Lipinski definition) is 2. The van der Waals surface area contributed by atoms with Crippen LogP contribution in [0.1, 0.15) is 17.3 Å². The van der Waals surface area contributed by atoms with Crippen molar-refractivity contribution in [1.29, 1.82) is 0 Å². The largest absolute Gasteiger partial charge is 0.271 e. The molecule has 3 N–H and O–H groups in total. The summed E-state index contributed by atoms with van der Waals surface area (Å²) in [5.74, 6) is 4.25. The number of hydrogen-bond acceptors (Lipinski definition) is 3. The van der Waals surface area contributed by atoms with Crippen molar-refractivity contribution >= 4 is 31.9 Å². The Kier molecular flexibility index (Phi) is 5.20. The first kappa shape index (κ1) is 15.5. The van der Waals surface area contributed by atoms with E-state index in [1.54, 1.807) is 18.3 Å². The molecular formula is C13H11Br2F2N3. The monoisotopic (exact) mass is 405 g/mol. The fraction of sp³-hybridized carbons (Fsp3) is 0.154. The molecule has 7 heteroatoms. The smallest absolute Gasteiger partial charge is 0.143 e. The number of nitrogens with zero attached hydrogens (tertiary/aromatic N) is 1. The highest BCUT2D eigenvalue weighted by Crippen LogP contribution is 2.28. The van der Waals surface area contributed by atoms with Crippen LogP contribution in [0, 0.1) is 11.6 Å². The van der Waals surface area contributed by atoms with Gasteiger partial charge in [-0.3, -0.25) is 16.3 Å². The lowest BCUT2D eigenvalue weighted by atomic mass is 10.0. The molecule has 0 bridgehead atoms. The van der Waals surface area contributed by atoms with Crippen LogP contribution >= 0.6 is 31.9 Å². The van der Waals surface area contributed by atoms with Gasteiger partial charge in [0.25, 0.3) is 0 Å². The molecule has 0 spiro atoms. The predicted octanol–water partition coefficient (Wildman–Crippen LogP) is 3.63. The van der Waals surface area contributed by atoms with E-state index in [0.717, 1.165) is 4.47 Å². The maximum atomic E-state index is 14.0. The van der Waals surface area contributed by atoms with Crippen LogP contribution in [0.2, 0.25) is 0 Å². The SMILES string of the molecule is NNC(Cc1c(F)ccc(Br)c1F)c1ncccc1Br. The van der Waals surface area contributed by atoms with Gasteiger partial charge in [0, 0.05) is 22.7 Å². The van der Waals surface area contributed by atoms with Crippen LogP contribution in [-0.4, -0.2) is 4.98 Å². The number of halogens is 4. The average molecular weight is 407 g/mol. The zero-order chi connectivity index (χ0) is 14.7. The molecule has 20 heavy (non-hydrogen) atoms. The van der Waals surface area contributed by atoms with Crippen LogP contribution in [0.5, 0.6) is 0 Å². The summed E-state index contributed by atoms with van der Waals surface area (Å²) in [6.45, 7) is 0. The summed E-state index contributed by atoms with van der Waals surface area (Å²) in [5, 5.41) is 0. The highest BCUT2D eigenvalue weighted by atomic mass is 79.9. The van der Waals surface area contributed by atoms with E-state index in [2.05, 4.69) is 42.3 Å². The summed E-state index contributed by atoms with van der Waals surface area (Å²) in [4.78, 5) is 4.18. The molecule has 3 nitrogen and oxygen atoms in total. The second kappa shape index (κ2) is 6.71. The van der Waals surface area contributed by atoms with Gasteiger partial charge >= 0.3 is 0 Å². The van der Waals surface area contributed by atoms with Crippen LogP contribution < -0.4 is 11.3 Å². The molecule has 0 aliphatic carbocycles. The summed E-state index contributed by atoms with van der Waals surface area (Å²) in [6.07, 6.45) is 1.64. The van der Waals surface area contributed by atoms with Crippen molar-refractivity contribution < 1.29 is 8.78 Å². The molecular weight excluding hydrogens is 396 g/mol. The molecule has 1 atom stereocenters. The Labute approximate surface area is 131 Å². The molecule has 0 aliphatic rings. The topological polar surface area (TPSA) is 50.9 Å². The van der Waals surface area contributed by atoms with Crippen LogP contribution in [0.25, 0.3) is 0 Å². The van der Waals surface area contributed by atoms with Crippen LogP contribution in [0.3, 0.4) is 0 Å². The summed E-state index contributed by atoms with van der Waals surface area (Å²) < 4.78 is 28.7. The van der Waals surface area contributed by atoms with Gasteiger partial charge in [0.1, 0.15) is 11.6 Å². The predicted molar refractivity (Wildman–Crippen MR) is 79.8 cm³/mol. The lowest BCUT2D eigenvalue weighted by Crippen LogP contribution is -2.31. The lowest BCUT2D eigenvalue weighted by molar-refractivity contribution is 0.490. The molecule has 1 aromatic carbocycles. The first-order valence-electron chi connectivity index (χ1n) is 5.73. The van der Waals surface area contributed by atoms with Crippen LogP contribution in [0.15, 0.2) is 39.4 Å². The third-order valence-electron chi connectivity index (χ3n) is 2.87. The number of aromatic nitrogens is 1. The van der Waals surface area contributed by atoms with Crippen LogP contribution in [0.4, 0.5) is 8.78 Å². The van der Waals surface area contributed by atoms with Gasteiger partial charge in [-0.1, -0.05) is 0 Å². The minimum absolute atomic E-state index is 0.0418. The molecule has 106 valence electrons. The van der Waals surface area contributed by atoms with Gasteiger partial charge in [-0.15, -0.1) is 0 Å². The fourth-order valence-electron chi connectivity index (χ4n) is 1.85. The second-order valence-corrected chi connectivity index (χ2v) is 5.82. The Morgan fingerprint density at radius 1 is 1.20 bits per heavy atom. The Balaban J connectivity index is 2.37. The van der Waals surface area contributed by atoms with E-state index >= 15 is 0 Å². The van der Waals surface area contributed by atoms with Gasteiger partial charge in [-0.2, -0.15) is 0 Å². The fourth-order valence-corrected chi connectivity index (χ4v) is 2.75. The molecule has 0 saturated carbocycles. The molecule has 1 aromatic heterocycles. The van der Waals surface area contributed by atoms with Gasteiger partial charge in [0.05, 0.1) is 16.2 Å². The number of rotatable bonds is 4. The molecule has 0 saturated heterocycles. The number of pyridine rings is 1. The molecule has 1 heterocycles. The normalized spacial score (nSPS) is 12.4. The summed E-state index contributed by atoms with van der Waals surface area (Å²) in [6, 6.07) is 5.57. The van der Waals surface area contributed by atoms with Crippen molar-refractivity contribution in [2.45, 2.75) is 12.5 Å². The summed E-state index contributed by atoms with van der Waals surface area (Å²) >= 11 is 6.39. The van der Waals surface area contributed by atoms with Crippen molar-refractivity contribution in [3.05, 3.63) is 62.3 Å². The number of benzene rings is 1. The first-order valence-corrected chi connectivity index (χ1v) is 7.32. The number of hydrazine groups is 1. The Morgan fingerprint density at radius 2 is 1.95 bits per heavy atom. The molecule has 0 fully saturated rings. The summed E-state index contributed by atoms with van der Waals surface area (Å²) in [7, 11) is 0. The quantitative estimate of drug-likeness (QED) is 0.463. The van der Waals surface area contributed by atoms with E-state index in [9.17, 15) is 8.78 Å². The Morgan fingerprint density at radius 3 is 2.60 bits per heavy atom. The van der Waals surface area contributed by atoms with Crippen molar-refractivity contribution in [2.75, 3.05) is 0 Å². The van der Waals surface area contributed by atoms with Crippen molar-refractivity contribution in [3.8, 4) is 0 Å². The van der Waals surface area contributed by atoms with E-state index in [-0.39, 0.29) is 16.5 Å². The van der Waals surface area contributed by atoms with Crippen LogP contribution in [-0.2, 0) is 6.42 Å². The molecule has 2 aromatic rings. The van der Waals surface area contributed by atoms with E-state index in [0.29, 0.717) is 5.69 Å². The first-order chi connectivity index (χ1) is 9.54. The van der Waals surface area contributed by atoms with E-state index in [1.807, 2.05) is 0 Å². The molecule has 0 amide bonds. The van der Waals surface area contributed by atoms with Crippen molar-refractivity contribution in [2.24, 2.45) is 5.84 Å². The number of nitrogens with two attached hydrogens (primary N) is 1. The number of nitrogens with one attached hydrogen (secondary N) is 1. The van der Waals surface area contributed by atoms with E-state index in [1.165, 1.54) is 12.1 Å². The second-order valence-electron chi connectivity index (χ2n) is 4.12. The average Bonchev–Trinajstić information content (AvgIpc) is 2.45. The van der Waals surface area contributed by atoms with Gasteiger partial charge in [0.15, 0.2) is 0 Å². The highest BCUT2D eigenvalue weighted by Gasteiger charge is 2.20. The zero-order valence-corrected chi connectivity index (χ0v) is 13.4. The van der Waals surface area contributed by atoms with Gasteiger partial charge in [-0.25, -0.2) is 8.78 Å². The Hall–Kier alpha value is -0.890. The van der Waals surface area contributed by atoms with E-state index in [4.69, 9.17) is 5.84 Å². The van der Waals surface area contributed by atoms with Crippen molar-refractivity contribution in [3.63, 3.8) is 0 Å². The minimum Gasteiger partial charge on any atom is -0.271 e. The van der Waals surface area contributed by atoms with Gasteiger partial charge < -0.3 is 0 Å². The third-order valence-corrected chi connectivity index (χ3v) is 4.15. The maximum absolute atomic E-state index is 14.0. The minimum atomic E-state index is -0.627. The molecule has 0 aliphatic heterocycles. The zero-order valence-electron chi connectivity index (χ0n) is 10.2. The highest BCUT2D eigenvalue weighted by molar-refractivity contribution is 9.10.